The SMILES string of the molecule is Cc1nc(C)c(-c2csc(CC(=O)C3CC(Cl)C3)n2)s1. The molecule has 2 aromatic heterocycles. The first-order valence-electron chi connectivity index (χ1n) is 6.58. The van der Waals surface area contributed by atoms with Crippen LogP contribution >= 0.6 is 34.3 Å². The number of aryl methyl sites for hydroxylation is 2. The zero-order valence-corrected chi connectivity index (χ0v) is 13.7. The van der Waals surface area contributed by atoms with Crippen LogP contribution in [-0.2, 0) is 11.2 Å². The lowest BCUT2D eigenvalue weighted by Crippen LogP contribution is -2.31. The van der Waals surface area contributed by atoms with Gasteiger partial charge in [0.2, 0.25) is 0 Å². The van der Waals surface area contributed by atoms with Crippen LogP contribution < -0.4 is 0 Å². The van der Waals surface area contributed by atoms with Crippen molar-refractivity contribution < 1.29 is 4.79 Å². The Morgan fingerprint density at radius 3 is 2.75 bits per heavy atom. The number of rotatable bonds is 4. The third-order valence-corrected chi connectivity index (χ3v) is 5.85. The summed E-state index contributed by atoms with van der Waals surface area (Å²) in [7, 11) is 0. The van der Waals surface area contributed by atoms with E-state index in [-0.39, 0.29) is 17.1 Å². The summed E-state index contributed by atoms with van der Waals surface area (Å²) >= 11 is 9.13. The van der Waals surface area contributed by atoms with Crippen molar-refractivity contribution in [1.29, 1.82) is 0 Å². The zero-order chi connectivity index (χ0) is 14.3. The van der Waals surface area contributed by atoms with E-state index < -0.39 is 0 Å². The summed E-state index contributed by atoms with van der Waals surface area (Å²) in [4.78, 5) is 22.2. The molecule has 1 aliphatic carbocycles. The van der Waals surface area contributed by atoms with Gasteiger partial charge in [-0.1, -0.05) is 0 Å². The van der Waals surface area contributed by atoms with E-state index in [0.29, 0.717) is 6.42 Å². The van der Waals surface area contributed by atoms with Crippen LogP contribution in [-0.4, -0.2) is 21.1 Å². The van der Waals surface area contributed by atoms with Gasteiger partial charge < -0.3 is 0 Å². The molecule has 0 radical (unpaired) electrons. The molecule has 6 heteroatoms. The Bertz CT molecular complexity index is 643. The molecule has 3 nitrogen and oxygen atoms in total. The molecule has 0 saturated heterocycles. The minimum Gasteiger partial charge on any atom is -0.299 e. The minimum absolute atomic E-state index is 0.150. The van der Waals surface area contributed by atoms with E-state index >= 15 is 0 Å². The quantitative estimate of drug-likeness (QED) is 0.797. The van der Waals surface area contributed by atoms with Crippen molar-refractivity contribution in [3.05, 3.63) is 21.1 Å². The Labute approximate surface area is 131 Å². The van der Waals surface area contributed by atoms with E-state index in [0.717, 1.165) is 39.1 Å². The summed E-state index contributed by atoms with van der Waals surface area (Å²) in [6.45, 7) is 4.00. The molecule has 106 valence electrons. The molecule has 0 unspecified atom stereocenters. The Balaban J connectivity index is 1.71. The fourth-order valence-electron chi connectivity index (χ4n) is 2.37. The average molecular weight is 327 g/mol. The van der Waals surface area contributed by atoms with Crippen molar-refractivity contribution in [3.63, 3.8) is 0 Å². The molecule has 0 N–H and O–H groups in total. The molecule has 0 amide bonds. The minimum atomic E-state index is 0.150. The fourth-order valence-corrected chi connectivity index (χ4v) is 4.55. The number of thiazole rings is 2. The predicted octanol–water partition coefficient (Wildman–Crippen LogP) is 4.01. The Kier molecular flexibility index (Phi) is 3.93. The number of alkyl halides is 1. The summed E-state index contributed by atoms with van der Waals surface area (Å²) in [5.41, 5.74) is 1.96. The van der Waals surface area contributed by atoms with Crippen molar-refractivity contribution >= 4 is 40.1 Å². The van der Waals surface area contributed by atoms with E-state index in [9.17, 15) is 4.79 Å². The standard InChI is InChI=1S/C14H15ClN2OS2/c1-7-14(20-8(2)16-7)11-6-19-13(17-11)5-12(18)9-3-10(15)4-9/h6,9-10H,3-5H2,1-2H3. The number of Topliss-reactive ketones (excluding diaryl/α,β-unsaturated/α-hetero) is 1. The Morgan fingerprint density at radius 1 is 1.40 bits per heavy atom. The molecular weight excluding hydrogens is 312 g/mol. The van der Waals surface area contributed by atoms with Crippen LogP contribution in [0.25, 0.3) is 10.6 Å². The molecule has 1 saturated carbocycles. The average Bonchev–Trinajstić information content (AvgIpc) is 2.91. The molecule has 0 bridgehead atoms. The number of hydrogen-bond acceptors (Lipinski definition) is 5. The normalized spacial score (nSPS) is 21.8. The van der Waals surface area contributed by atoms with Crippen LogP contribution in [0, 0.1) is 19.8 Å². The number of ketones is 1. The first-order chi connectivity index (χ1) is 9.52. The summed E-state index contributed by atoms with van der Waals surface area (Å²) in [6, 6.07) is 0. The van der Waals surface area contributed by atoms with Crippen molar-refractivity contribution in [2.24, 2.45) is 5.92 Å². The molecule has 0 atom stereocenters. The van der Waals surface area contributed by atoms with Crippen LogP contribution in [0.15, 0.2) is 5.38 Å². The summed E-state index contributed by atoms with van der Waals surface area (Å²) in [6.07, 6.45) is 2.09. The van der Waals surface area contributed by atoms with Gasteiger partial charge in [0.25, 0.3) is 0 Å². The van der Waals surface area contributed by atoms with Crippen LogP contribution in [0.4, 0.5) is 0 Å². The van der Waals surface area contributed by atoms with Gasteiger partial charge in [0.1, 0.15) is 10.8 Å². The third kappa shape index (κ3) is 2.80. The monoisotopic (exact) mass is 326 g/mol. The van der Waals surface area contributed by atoms with Crippen LogP contribution in [0.2, 0.25) is 0 Å². The van der Waals surface area contributed by atoms with Crippen molar-refractivity contribution in [3.8, 4) is 10.6 Å². The van der Waals surface area contributed by atoms with Gasteiger partial charge in [-0.25, -0.2) is 9.97 Å². The summed E-state index contributed by atoms with van der Waals surface area (Å²) in [5.74, 6) is 0.428. The highest BCUT2D eigenvalue weighted by Gasteiger charge is 2.33. The van der Waals surface area contributed by atoms with Crippen molar-refractivity contribution in [2.75, 3.05) is 0 Å². The van der Waals surface area contributed by atoms with E-state index in [4.69, 9.17) is 11.6 Å². The van der Waals surface area contributed by atoms with Crippen LogP contribution in [0.3, 0.4) is 0 Å². The maximum absolute atomic E-state index is 12.1. The molecule has 3 rings (SSSR count). The predicted molar refractivity (Wildman–Crippen MR) is 83.8 cm³/mol. The highest BCUT2D eigenvalue weighted by molar-refractivity contribution is 7.16. The molecule has 1 aliphatic rings. The molecule has 0 aliphatic heterocycles. The first kappa shape index (κ1) is 14.2. The molecule has 2 heterocycles. The molecular formula is C14H15ClN2OS2. The second kappa shape index (κ2) is 5.54. The van der Waals surface area contributed by atoms with Crippen LogP contribution in [0.5, 0.6) is 0 Å². The maximum Gasteiger partial charge on any atom is 0.142 e. The van der Waals surface area contributed by atoms with E-state index in [2.05, 4.69) is 9.97 Å². The third-order valence-electron chi connectivity index (χ3n) is 3.55. The number of nitrogens with zero attached hydrogens (tertiary/aromatic N) is 2. The molecule has 2 aromatic rings. The van der Waals surface area contributed by atoms with Gasteiger partial charge in [0, 0.05) is 16.7 Å². The second-order valence-corrected chi connectivity index (χ2v) is 7.95. The smallest absolute Gasteiger partial charge is 0.142 e. The second-order valence-electron chi connectivity index (χ2n) is 5.18. The lowest BCUT2D eigenvalue weighted by atomic mass is 9.81. The lowest BCUT2D eigenvalue weighted by Gasteiger charge is -2.29. The van der Waals surface area contributed by atoms with Gasteiger partial charge in [0.15, 0.2) is 0 Å². The topological polar surface area (TPSA) is 42.9 Å². The fraction of sp³-hybridized carbons (Fsp3) is 0.500. The van der Waals surface area contributed by atoms with E-state index in [1.54, 1.807) is 22.7 Å². The summed E-state index contributed by atoms with van der Waals surface area (Å²) < 4.78 is 0. The highest BCUT2D eigenvalue weighted by Crippen LogP contribution is 2.34. The van der Waals surface area contributed by atoms with Crippen molar-refractivity contribution in [1.82, 2.24) is 9.97 Å². The molecule has 1 fully saturated rings. The number of aromatic nitrogens is 2. The highest BCUT2D eigenvalue weighted by atomic mass is 35.5. The zero-order valence-electron chi connectivity index (χ0n) is 11.4. The maximum atomic E-state index is 12.1. The molecule has 20 heavy (non-hydrogen) atoms. The van der Waals surface area contributed by atoms with E-state index in [1.165, 1.54) is 0 Å². The molecule has 0 aromatic carbocycles. The number of halogens is 1. The van der Waals surface area contributed by atoms with Gasteiger partial charge in [-0.3, -0.25) is 4.79 Å². The van der Waals surface area contributed by atoms with Crippen molar-refractivity contribution in [2.45, 2.75) is 38.5 Å². The van der Waals surface area contributed by atoms with Gasteiger partial charge in [-0.15, -0.1) is 34.3 Å². The summed E-state index contributed by atoms with van der Waals surface area (Å²) in [5, 5.41) is 4.16. The first-order valence-corrected chi connectivity index (χ1v) is 8.71. The van der Waals surface area contributed by atoms with Gasteiger partial charge >= 0.3 is 0 Å². The van der Waals surface area contributed by atoms with Gasteiger partial charge in [-0.2, -0.15) is 0 Å². The Morgan fingerprint density at radius 2 is 2.15 bits per heavy atom. The number of carbonyl (C=O) groups is 1. The molecule has 0 spiro atoms. The largest absolute Gasteiger partial charge is 0.299 e. The van der Waals surface area contributed by atoms with Gasteiger partial charge in [-0.05, 0) is 26.7 Å². The Hall–Kier alpha value is -0.780. The van der Waals surface area contributed by atoms with Gasteiger partial charge in [0.05, 0.1) is 27.7 Å². The number of hydrogen-bond donors (Lipinski definition) is 0. The number of carbonyl (C=O) groups excluding carboxylic acids is 1. The van der Waals surface area contributed by atoms with Crippen LogP contribution in [0.1, 0.15) is 28.6 Å². The van der Waals surface area contributed by atoms with E-state index in [1.807, 2.05) is 19.2 Å². The lowest BCUT2D eigenvalue weighted by molar-refractivity contribution is -0.124.